The molecule has 1 aliphatic rings. The number of nitrogens with zero attached hydrogens (tertiary/aromatic N) is 4. The lowest BCUT2D eigenvalue weighted by Gasteiger charge is -2.35. The molecule has 0 aromatic carbocycles. The molecule has 1 aromatic rings. The average Bonchev–Trinajstić information content (AvgIpc) is 2.64. The minimum Gasteiger partial charge on any atom is -0.444 e. The van der Waals surface area contributed by atoms with Crippen molar-refractivity contribution in [3.05, 3.63) is 30.1 Å². The smallest absolute Gasteiger partial charge is 0.410 e. The summed E-state index contributed by atoms with van der Waals surface area (Å²) in [4.78, 5) is 24.7. The van der Waals surface area contributed by atoms with Gasteiger partial charge in [-0.15, -0.1) is 0 Å². The molecule has 1 fully saturated rings. The van der Waals surface area contributed by atoms with E-state index in [2.05, 4.69) is 25.5 Å². The van der Waals surface area contributed by atoms with E-state index in [0.717, 1.165) is 37.8 Å². The van der Waals surface area contributed by atoms with E-state index < -0.39 is 5.60 Å². The van der Waals surface area contributed by atoms with E-state index in [1.54, 1.807) is 18.1 Å². The molecule has 0 spiro atoms. The first-order chi connectivity index (χ1) is 12.9. The third kappa shape index (κ3) is 7.82. The van der Waals surface area contributed by atoms with Crippen molar-refractivity contribution in [2.75, 3.05) is 46.3 Å². The van der Waals surface area contributed by atoms with Crippen LogP contribution in [0.25, 0.3) is 0 Å². The maximum Gasteiger partial charge on any atom is 0.410 e. The van der Waals surface area contributed by atoms with Gasteiger partial charge < -0.3 is 20.3 Å². The zero-order valence-corrected chi connectivity index (χ0v) is 16.9. The fraction of sp³-hybridized carbons (Fsp3) is 0.632. The van der Waals surface area contributed by atoms with Gasteiger partial charge in [0, 0.05) is 52.5 Å². The Morgan fingerprint density at radius 2 is 1.96 bits per heavy atom. The van der Waals surface area contributed by atoms with E-state index in [4.69, 9.17) is 4.74 Å². The fourth-order valence-corrected chi connectivity index (χ4v) is 2.71. The summed E-state index contributed by atoms with van der Waals surface area (Å²) in [5, 5.41) is 6.57. The number of carbonyl (C=O) groups is 1. The summed E-state index contributed by atoms with van der Waals surface area (Å²) < 4.78 is 5.43. The molecule has 0 saturated carbocycles. The van der Waals surface area contributed by atoms with Crippen LogP contribution in [0, 0.1) is 0 Å². The number of aliphatic imine (C=N–C) groups is 1. The van der Waals surface area contributed by atoms with Crippen LogP contribution >= 0.6 is 0 Å². The molecular formula is C19H32N6O2. The largest absolute Gasteiger partial charge is 0.444 e. The van der Waals surface area contributed by atoms with Crippen LogP contribution in [0.5, 0.6) is 0 Å². The summed E-state index contributed by atoms with van der Waals surface area (Å²) in [7, 11) is 1.76. The number of rotatable bonds is 5. The number of hydrogen-bond acceptors (Lipinski definition) is 5. The summed E-state index contributed by atoms with van der Waals surface area (Å²) in [6.07, 6.45) is 1.56. The van der Waals surface area contributed by atoms with E-state index in [9.17, 15) is 4.79 Å². The van der Waals surface area contributed by atoms with Crippen molar-refractivity contribution in [2.45, 2.75) is 32.9 Å². The van der Waals surface area contributed by atoms with Crippen LogP contribution in [0.1, 0.15) is 26.5 Å². The highest BCUT2D eigenvalue weighted by atomic mass is 16.6. The summed E-state index contributed by atoms with van der Waals surface area (Å²) in [6.45, 7) is 11.1. The average molecular weight is 377 g/mol. The molecule has 0 aliphatic carbocycles. The third-order valence-corrected chi connectivity index (χ3v) is 4.13. The Morgan fingerprint density at radius 1 is 1.22 bits per heavy atom. The number of aromatic nitrogens is 1. The lowest BCUT2D eigenvalue weighted by molar-refractivity contribution is 0.0147. The molecule has 0 bridgehead atoms. The summed E-state index contributed by atoms with van der Waals surface area (Å²) in [5.74, 6) is 0.757. The molecule has 1 aliphatic heterocycles. The van der Waals surface area contributed by atoms with Crippen molar-refractivity contribution in [3.63, 3.8) is 0 Å². The third-order valence-electron chi connectivity index (χ3n) is 4.13. The van der Waals surface area contributed by atoms with Crippen molar-refractivity contribution in [1.29, 1.82) is 0 Å². The van der Waals surface area contributed by atoms with Gasteiger partial charge in [0.25, 0.3) is 0 Å². The second kappa shape index (κ2) is 10.1. The van der Waals surface area contributed by atoms with E-state index in [0.29, 0.717) is 19.6 Å². The first kappa shape index (κ1) is 21.0. The molecule has 2 N–H and O–H groups in total. The van der Waals surface area contributed by atoms with Crippen LogP contribution in [0.4, 0.5) is 4.79 Å². The molecule has 0 atom stereocenters. The van der Waals surface area contributed by atoms with Gasteiger partial charge in [-0.1, -0.05) is 6.07 Å². The number of amides is 1. The van der Waals surface area contributed by atoms with Crippen molar-refractivity contribution < 1.29 is 9.53 Å². The van der Waals surface area contributed by atoms with E-state index in [-0.39, 0.29) is 6.09 Å². The zero-order valence-electron chi connectivity index (χ0n) is 16.9. The summed E-state index contributed by atoms with van der Waals surface area (Å²) in [5.41, 5.74) is 0.523. The highest BCUT2D eigenvalue weighted by Gasteiger charge is 2.25. The molecule has 1 saturated heterocycles. The Kier molecular flexibility index (Phi) is 7.84. The first-order valence-corrected chi connectivity index (χ1v) is 9.42. The molecule has 1 amide bonds. The van der Waals surface area contributed by atoms with Crippen LogP contribution in [0.2, 0.25) is 0 Å². The molecule has 2 heterocycles. The van der Waals surface area contributed by atoms with Gasteiger partial charge in [0.05, 0.1) is 12.2 Å². The van der Waals surface area contributed by atoms with Crippen LogP contribution in [0.15, 0.2) is 29.4 Å². The van der Waals surface area contributed by atoms with Gasteiger partial charge >= 0.3 is 6.09 Å². The van der Waals surface area contributed by atoms with Crippen LogP contribution in [0.3, 0.4) is 0 Å². The number of carbonyl (C=O) groups excluding carboxylic acids is 1. The number of nitrogens with one attached hydrogen (secondary N) is 2. The predicted molar refractivity (Wildman–Crippen MR) is 107 cm³/mol. The Balaban J connectivity index is 1.64. The van der Waals surface area contributed by atoms with Crippen molar-refractivity contribution in [1.82, 2.24) is 25.4 Å². The van der Waals surface area contributed by atoms with Crippen molar-refractivity contribution in [3.8, 4) is 0 Å². The van der Waals surface area contributed by atoms with E-state index in [1.165, 1.54) is 0 Å². The molecule has 8 nitrogen and oxygen atoms in total. The lowest BCUT2D eigenvalue weighted by atomic mass is 10.2. The monoisotopic (exact) mass is 376 g/mol. The molecule has 27 heavy (non-hydrogen) atoms. The predicted octanol–water partition coefficient (Wildman–Crippen LogP) is 1.30. The number of hydrogen-bond donors (Lipinski definition) is 2. The standard InChI is InChI=1S/C19H32N6O2/c1-19(2,3)27-18(26)25-13-11-24(12-14-25)10-9-22-17(20-4)23-15-16-7-5-6-8-21-16/h5-8H,9-15H2,1-4H3,(H2,20,22,23). The highest BCUT2D eigenvalue weighted by molar-refractivity contribution is 5.79. The Labute approximate surface area is 162 Å². The van der Waals surface area contributed by atoms with Gasteiger partial charge in [-0.3, -0.25) is 14.9 Å². The Hall–Kier alpha value is -2.35. The van der Waals surface area contributed by atoms with Crippen LogP contribution < -0.4 is 10.6 Å². The minimum absolute atomic E-state index is 0.223. The Morgan fingerprint density at radius 3 is 2.56 bits per heavy atom. The molecule has 2 rings (SSSR count). The topological polar surface area (TPSA) is 82.1 Å². The molecule has 150 valence electrons. The van der Waals surface area contributed by atoms with Gasteiger partial charge in [0.2, 0.25) is 0 Å². The molecule has 0 radical (unpaired) electrons. The van der Waals surface area contributed by atoms with Crippen molar-refractivity contribution >= 4 is 12.1 Å². The van der Waals surface area contributed by atoms with Gasteiger partial charge in [0.1, 0.15) is 5.60 Å². The summed E-state index contributed by atoms with van der Waals surface area (Å²) >= 11 is 0. The normalized spacial score (nSPS) is 16.1. The maximum atomic E-state index is 12.1. The van der Waals surface area contributed by atoms with Crippen molar-refractivity contribution in [2.24, 2.45) is 4.99 Å². The number of ether oxygens (including phenoxy) is 1. The fourth-order valence-electron chi connectivity index (χ4n) is 2.71. The minimum atomic E-state index is -0.448. The highest BCUT2D eigenvalue weighted by Crippen LogP contribution is 2.11. The maximum absolute atomic E-state index is 12.1. The SMILES string of the molecule is CN=C(NCCN1CCN(C(=O)OC(C)(C)C)CC1)NCc1ccccn1. The lowest BCUT2D eigenvalue weighted by Crippen LogP contribution is -2.51. The van der Waals surface area contributed by atoms with Gasteiger partial charge in [-0.2, -0.15) is 0 Å². The second-order valence-electron chi connectivity index (χ2n) is 7.48. The number of guanidine groups is 1. The second-order valence-corrected chi connectivity index (χ2v) is 7.48. The first-order valence-electron chi connectivity index (χ1n) is 9.42. The van der Waals surface area contributed by atoms with E-state index in [1.807, 2.05) is 39.0 Å². The quantitative estimate of drug-likeness (QED) is 0.595. The molecule has 8 heteroatoms. The zero-order chi connectivity index (χ0) is 19.7. The van der Waals surface area contributed by atoms with Crippen LogP contribution in [-0.2, 0) is 11.3 Å². The Bertz CT molecular complexity index is 606. The number of pyridine rings is 1. The number of piperazine rings is 1. The van der Waals surface area contributed by atoms with Gasteiger partial charge in [0.15, 0.2) is 5.96 Å². The van der Waals surface area contributed by atoms with E-state index >= 15 is 0 Å². The van der Waals surface area contributed by atoms with Gasteiger partial charge in [-0.05, 0) is 32.9 Å². The molecule has 1 aromatic heterocycles. The molecule has 0 unspecified atom stereocenters. The summed E-state index contributed by atoms with van der Waals surface area (Å²) in [6, 6.07) is 5.85. The van der Waals surface area contributed by atoms with Gasteiger partial charge in [-0.25, -0.2) is 4.79 Å². The van der Waals surface area contributed by atoms with Crippen LogP contribution in [-0.4, -0.2) is 78.8 Å². The molecular weight excluding hydrogens is 344 g/mol.